The minimum atomic E-state index is -2.99. The zero-order chi connectivity index (χ0) is 89.4. The van der Waals surface area contributed by atoms with Gasteiger partial charge in [-0.15, -0.1) is 0 Å². The van der Waals surface area contributed by atoms with E-state index in [0.717, 1.165) is 0 Å². The Morgan fingerprint density at radius 3 is 0.631 bits per heavy atom. The van der Waals surface area contributed by atoms with E-state index in [0.29, 0.717) is 121 Å². The number of Topliss-reactive ketones (excluding diaryl/α,β-unsaturated/α-hetero) is 1. The lowest BCUT2D eigenvalue weighted by molar-refractivity contribution is -0.227. The highest BCUT2D eigenvalue weighted by Crippen LogP contribution is 2.48. The fraction of sp³-hybridized carbons (Fsp3) is 0.0909. The molecule has 0 aliphatic carbocycles. The number of hydrogen-bond acceptors (Lipinski definition) is 45. The molecular formula is C77H54O45. The summed E-state index contributed by atoms with van der Waals surface area (Å²) in [7, 11) is 0. The van der Waals surface area contributed by atoms with Gasteiger partial charge >= 0.3 is 53.7 Å². The average molecular weight is 1700 g/mol. The molecule has 5 atom stereocenters. The normalized spacial score (nSPS) is 14.7. The van der Waals surface area contributed by atoms with Gasteiger partial charge in [-0.1, -0.05) is 0 Å². The van der Waals surface area contributed by atoms with Gasteiger partial charge in [0.1, 0.15) is 18.8 Å². The average Bonchev–Trinajstić information content (AvgIpc) is 0.763. The molecule has 45 nitrogen and oxygen atoms in total. The van der Waals surface area contributed by atoms with Crippen molar-refractivity contribution in [1.29, 1.82) is 0 Å². The van der Waals surface area contributed by atoms with Crippen LogP contribution in [0.25, 0.3) is 0 Å². The molecule has 45 heteroatoms. The number of phenolic OH excluding ortho intramolecular Hbond substituents is 25. The largest absolute Gasteiger partial charge is 0.504 e. The van der Waals surface area contributed by atoms with E-state index >= 15 is 19.2 Å². The summed E-state index contributed by atoms with van der Waals surface area (Å²) in [5, 5.41) is 262. The zero-order valence-electron chi connectivity index (χ0n) is 60.2. The van der Waals surface area contributed by atoms with Gasteiger partial charge in [0.05, 0.1) is 50.1 Å². The summed E-state index contributed by atoms with van der Waals surface area (Å²) >= 11 is 0. The fourth-order valence-corrected chi connectivity index (χ4v) is 11.2. The molecule has 10 aromatic rings. The molecule has 0 unspecified atom stereocenters. The van der Waals surface area contributed by atoms with Gasteiger partial charge in [0, 0.05) is 12.0 Å². The molecular weight excluding hydrogens is 1640 g/mol. The quantitative estimate of drug-likeness (QED) is 0.0135. The molecule has 1 aliphatic heterocycles. The third-order valence-electron chi connectivity index (χ3n) is 17.3. The first-order valence-corrected chi connectivity index (χ1v) is 33.5. The number of esters is 9. The molecule has 122 heavy (non-hydrogen) atoms. The number of rotatable bonds is 22. The third-order valence-corrected chi connectivity index (χ3v) is 17.3. The second kappa shape index (κ2) is 33.5. The molecule has 0 saturated carbocycles. The van der Waals surface area contributed by atoms with Crippen LogP contribution in [0.1, 0.15) is 110 Å². The Bertz CT molecular complexity index is 5970. The second-order valence-electron chi connectivity index (χ2n) is 25.5. The minimum absolute atomic E-state index is 0.326. The summed E-state index contributed by atoms with van der Waals surface area (Å²) in [5.74, 6) is -54.5. The molecule has 25 N–H and O–H groups in total. The van der Waals surface area contributed by atoms with E-state index in [1.807, 2.05) is 0 Å². The lowest BCUT2D eigenvalue weighted by Gasteiger charge is -2.44. The maximum Gasteiger partial charge on any atom is 0.343 e. The van der Waals surface area contributed by atoms with Crippen LogP contribution in [0.2, 0.25) is 0 Å². The van der Waals surface area contributed by atoms with Crippen molar-refractivity contribution in [2.45, 2.75) is 36.9 Å². The van der Waals surface area contributed by atoms with Crippen LogP contribution in [-0.2, 0) is 23.7 Å². The van der Waals surface area contributed by atoms with E-state index in [4.69, 9.17) is 47.4 Å². The summed E-state index contributed by atoms with van der Waals surface area (Å²) < 4.78 is 55.4. The summed E-state index contributed by atoms with van der Waals surface area (Å²) in [4.78, 5) is 143. The Balaban J connectivity index is 1.09. The lowest BCUT2D eigenvalue weighted by atomic mass is 9.90. The Labute approximate surface area is 673 Å². The SMILES string of the molecule is O=C(C[C@@H]1O[C@H](COC(=O)c2cc(O)c(O)c(OC(=O)c3cc(O)c(O)c(O)c3)c2)[C@@H](OC(=O)c2cc(O)c(O)c(OC(=O)c3cc(O)c(O)c(O)c3)c2)[C@H](OC(=O)c2cc(O)c(O)c(OC(=O)c3cc(O)c(O)c(O)c3)c2)[C@H]1OC(=O)c1cc(O)c(O)c(OC(=O)c2cc(O)c(O)c(O)c2)c1)c1cc(O)c(O)c(OC(=O)c2cc(O)c(O)c(O)c2)c1. The topological polar surface area (TPSA) is 769 Å². The van der Waals surface area contributed by atoms with E-state index in [9.17, 15) is 156 Å². The number of phenols is 25. The first-order valence-electron chi connectivity index (χ1n) is 33.5. The highest BCUT2D eigenvalue weighted by Gasteiger charge is 2.54. The Kier molecular flexibility index (Phi) is 23.3. The van der Waals surface area contributed by atoms with Gasteiger partial charge in [0.15, 0.2) is 168 Å². The van der Waals surface area contributed by atoms with Gasteiger partial charge in [-0.25, -0.2) is 43.2 Å². The van der Waals surface area contributed by atoms with Gasteiger partial charge in [-0.3, -0.25) is 4.79 Å². The van der Waals surface area contributed by atoms with Crippen molar-refractivity contribution in [3.05, 3.63) is 177 Å². The molecule has 632 valence electrons. The molecule has 1 saturated heterocycles. The first-order chi connectivity index (χ1) is 57.4. The number of ether oxygens (including phenoxy) is 10. The van der Waals surface area contributed by atoms with Crippen molar-refractivity contribution in [3.63, 3.8) is 0 Å². The van der Waals surface area contributed by atoms with Gasteiger partial charge in [-0.2, -0.15) is 0 Å². The molecule has 0 aromatic heterocycles. The maximum atomic E-state index is 15.3. The number of ketones is 1. The van der Waals surface area contributed by atoms with Crippen LogP contribution in [-0.4, -0.2) is 224 Å². The number of hydrogen-bond donors (Lipinski definition) is 25. The number of benzene rings is 10. The molecule has 1 fully saturated rings. The summed E-state index contributed by atoms with van der Waals surface area (Å²) in [5.41, 5.74) is -9.42. The lowest BCUT2D eigenvalue weighted by Crippen LogP contribution is -2.62. The standard InChI is InChI=1S/C77H54O45/c78-33(23-1-44(89)61(99)49(16-23)115-70(105)24-2-34(79)56(94)35(80)3-24)21-54-66(120-75(110)30-13-46(91)63(101)51(18-30)117-72(107)26-6-38(83)58(96)39(84)7-26)68(122-77(112)32-15-48(93)65(103)53(20-32)119-74(109)28-10-42(87)60(98)43(88)11-28)67(121-76(111)31-14-47(92)64(102)52(19-31)118-73(108)27-8-40(85)59(97)41(86)9-27)55(114-54)22-113-69(104)29-12-45(90)62(100)50(17-29)116-71(106)25-4-36(81)57(95)37(82)5-25/h1-20,54-55,66-68,79-103H,21-22H2/t54-,55+,66-,67+,68+/m0/s1. The van der Waals surface area contributed by atoms with E-state index in [-0.39, 0.29) is 0 Å². The molecule has 1 aliphatic rings. The van der Waals surface area contributed by atoms with Crippen molar-refractivity contribution in [2.75, 3.05) is 6.61 Å². The molecule has 10 aromatic carbocycles. The molecule has 1 heterocycles. The highest BCUT2D eigenvalue weighted by atomic mass is 16.7. The second-order valence-corrected chi connectivity index (χ2v) is 25.5. The van der Waals surface area contributed by atoms with Crippen LogP contribution >= 0.6 is 0 Å². The smallest absolute Gasteiger partial charge is 0.343 e. The van der Waals surface area contributed by atoms with Crippen molar-refractivity contribution in [3.8, 4) is 172 Å². The van der Waals surface area contributed by atoms with Crippen LogP contribution in [0.3, 0.4) is 0 Å². The summed E-state index contributed by atoms with van der Waals surface area (Å²) in [6.45, 7) is -1.63. The summed E-state index contributed by atoms with van der Waals surface area (Å²) in [6, 6.07) is 9.19. The van der Waals surface area contributed by atoms with Crippen LogP contribution in [0, 0.1) is 0 Å². The first kappa shape index (κ1) is 85.0. The van der Waals surface area contributed by atoms with Crippen molar-refractivity contribution >= 4 is 59.5 Å². The Morgan fingerprint density at radius 1 is 0.213 bits per heavy atom. The monoisotopic (exact) mass is 1700 g/mol. The highest BCUT2D eigenvalue weighted by molar-refractivity contribution is 6.01. The van der Waals surface area contributed by atoms with E-state index in [2.05, 4.69) is 0 Å². The third kappa shape index (κ3) is 17.6. The maximum absolute atomic E-state index is 15.3. The Hall–Kier alpha value is -17.9. The predicted octanol–water partition coefficient (Wildman–Crippen LogP) is 5.30. The van der Waals surface area contributed by atoms with Crippen LogP contribution in [0.4, 0.5) is 0 Å². The zero-order valence-corrected chi connectivity index (χ0v) is 60.2. The number of carbonyl (C=O) groups is 10. The summed E-state index contributed by atoms with van der Waals surface area (Å²) in [6.07, 6.45) is -15.6. The van der Waals surface area contributed by atoms with Crippen molar-refractivity contribution in [1.82, 2.24) is 0 Å². The Morgan fingerprint density at radius 2 is 0.393 bits per heavy atom. The molecule has 0 bridgehead atoms. The van der Waals surface area contributed by atoms with Gasteiger partial charge in [-0.05, 0) is 121 Å². The molecule has 0 amide bonds. The van der Waals surface area contributed by atoms with Crippen molar-refractivity contribution in [2.24, 2.45) is 0 Å². The van der Waals surface area contributed by atoms with Crippen LogP contribution in [0.15, 0.2) is 121 Å². The van der Waals surface area contributed by atoms with Gasteiger partial charge < -0.3 is 175 Å². The van der Waals surface area contributed by atoms with Crippen LogP contribution in [0.5, 0.6) is 172 Å². The predicted molar refractivity (Wildman–Crippen MR) is 386 cm³/mol. The fourth-order valence-electron chi connectivity index (χ4n) is 11.2. The number of carbonyl (C=O) groups excluding carboxylic acids is 10. The molecule has 0 radical (unpaired) electrons. The van der Waals surface area contributed by atoms with Crippen LogP contribution < -0.4 is 23.7 Å². The van der Waals surface area contributed by atoms with E-state index in [1.54, 1.807) is 0 Å². The molecule has 11 rings (SSSR count). The van der Waals surface area contributed by atoms with E-state index in [1.165, 1.54) is 0 Å². The van der Waals surface area contributed by atoms with Gasteiger partial charge in [0.25, 0.3) is 0 Å². The van der Waals surface area contributed by atoms with Gasteiger partial charge in [0.2, 0.25) is 28.7 Å². The number of aromatic hydroxyl groups is 25. The molecule has 0 spiro atoms. The van der Waals surface area contributed by atoms with Crippen molar-refractivity contribution < 1.29 is 223 Å². The minimum Gasteiger partial charge on any atom is -0.504 e. The van der Waals surface area contributed by atoms with E-state index < -0.39 is 331 Å².